The number of rotatable bonds is 6. The number of benzene rings is 1. The van der Waals surface area contributed by atoms with Crippen molar-refractivity contribution in [3.05, 3.63) is 29.8 Å². The van der Waals surface area contributed by atoms with Crippen LogP contribution >= 0.6 is 0 Å². The summed E-state index contributed by atoms with van der Waals surface area (Å²) in [6.07, 6.45) is -5.70. The van der Waals surface area contributed by atoms with E-state index in [9.17, 15) is 31.8 Å². The predicted octanol–water partition coefficient (Wildman–Crippen LogP) is 0.696. The molecule has 1 aliphatic rings. The van der Waals surface area contributed by atoms with Crippen LogP contribution in [-0.2, 0) is 24.3 Å². The summed E-state index contributed by atoms with van der Waals surface area (Å²) in [5.74, 6) is -0.567. The Kier molecular flexibility index (Phi) is 6.15. The molecule has 1 aromatic carbocycles. The van der Waals surface area contributed by atoms with Crippen molar-refractivity contribution in [3.8, 4) is 5.75 Å². The molecule has 148 valence electrons. The third-order valence-corrected chi connectivity index (χ3v) is 4.71. The zero-order chi connectivity index (χ0) is 19.7. The molecular formula is C14H17F3O8S. The molecule has 0 amide bonds. The molecule has 0 saturated carbocycles. The first kappa shape index (κ1) is 20.9. The minimum Gasteiger partial charge on any atom is -0.387 e. The maximum absolute atomic E-state index is 12.3. The van der Waals surface area contributed by atoms with Crippen LogP contribution in [0.5, 0.6) is 5.75 Å². The molecule has 26 heavy (non-hydrogen) atoms. The number of aliphatic hydroxyl groups excluding tert-OH is 2. The van der Waals surface area contributed by atoms with Gasteiger partial charge in [0.2, 0.25) is 0 Å². The fourth-order valence-electron chi connectivity index (χ4n) is 2.46. The van der Waals surface area contributed by atoms with Crippen LogP contribution < -0.4 is 4.18 Å². The Bertz CT molecular complexity index is 702. The third-order valence-electron chi connectivity index (χ3n) is 3.73. The van der Waals surface area contributed by atoms with Crippen LogP contribution in [0.1, 0.15) is 11.7 Å². The summed E-state index contributed by atoms with van der Waals surface area (Å²) < 4.78 is 78.3. The van der Waals surface area contributed by atoms with Crippen molar-refractivity contribution in [2.45, 2.75) is 36.2 Å². The average Bonchev–Trinajstić information content (AvgIpc) is 2.85. The maximum atomic E-state index is 12.3. The molecule has 2 rings (SSSR count). The number of methoxy groups -OCH3 is 2. The molecule has 0 spiro atoms. The van der Waals surface area contributed by atoms with E-state index in [4.69, 9.17) is 14.2 Å². The predicted molar refractivity (Wildman–Crippen MR) is 79.5 cm³/mol. The van der Waals surface area contributed by atoms with Gasteiger partial charge in [0.1, 0.15) is 30.2 Å². The fraction of sp³-hybridized carbons (Fsp3) is 0.571. The Labute approximate surface area is 147 Å². The Hall–Kier alpha value is -1.44. The van der Waals surface area contributed by atoms with E-state index in [1.54, 1.807) is 0 Å². The van der Waals surface area contributed by atoms with E-state index in [1.165, 1.54) is 26.4 Å². The second kappa shape index (κ2) is 7.66. The molecule has 0 aromatic heterocycles. The quantitative estimate of drug-likeness (QED) is 0.406. The first-order valence-corrected chi connectivity index (χ1v) is 8.60. The molecule has 1 fully saturated rings. The van der Waals surface area contributed by atoms with E-state index in [0.717, 1.165) is 12.1 Å². The van der Waals surface area contributed by atoms with Gasteiger partial charge in [-0.05, 0) is 17.7 Å². The summed E-state index contributed by atoms with van der Waals surface area (Å²) >= 11 is 0. The first-order chi connectivity index (χ1) is 12.0. The number of halogens is 3. The molecule has 0 bridgehead atoms. The van der Waals surface area contributed by atoms with E-state index in [0.29, 0.717) is 0 Å². The van der Waals surface area contributed by atoms with Gasteiger partial charge in [-0.25, -0.2) is 0 Å². The second-order valence-electron chi connectivity index (χ2n) is 5.39. The Morgan fingerprint density at radius 1 is 1.08 bits per heavy atom. The summed E-state index contributed by atoms with van der Waals surface area (Å²) in [6.45, 7) is 0. The van der Waals surface area contributed by atoms with E-state index < -0.39 is 52.1 Å². The zero-order valence-corrected chi connectivity index (χ0v) is 14.4. The van der Waals surface area contributed by atoms with Crippen molar-refractivity contribution >= 4 is 10.1 Å². The number of alkyl halides is 3. The van der Waals surface area contributed by atoms with Crippen molar-refractivity contribution in [1.82, 2.24) is 0 Å². The number of aliphatic hydroxyl groups is 2. The molecule has 12 heteroatoms. The highest BCUT2D eigenvalue weighted by Crippen LogP contribution is 2.36. The van der Waals surface area contributed by atoms with Crippen molar-refractivity contribution in [3.63, 3.8) is 0 Å². The van der Waals surface area contributed by atoms with Crippen molar-refractivity contribution in [1.29, 1.82) is 0 Å². The van der Waals surface area contributed by atoms with Gasteiger partial charge in [0.05, 0.1) is 0 Å². The number of hydrogen-bond acceptors (Lipinski definition) is 8. The van der Waals surface area contributed by atoms with E-state index in [2.05, 4.69) is 4.18 Å². The van der Waals surface area contributed by atoms with Gasteiger partial charge in [-0.2, -0.15) is 21.6 Å². The second-order valence-corrected chi connectivity index (χ2v) is 6.93. The van der Waals surface area contributed by atoms with Gasteiger partial charge in [0.15, 0.2) is 6.29 Å². The van der Waals surface area contributed by atoms with Crippen LogP contribution in [0.25, 0.3) is 0 Å². The van der Waals surface area contributed by atoms with Crippen LogP contribution in [0.15, 0.2) is 24.3 Å². The van der Waals surface area contributed by atoms with Crippen LogP contribution in [0.3, 0.4) is 0 Å². The fourth-order valence-corrected chi connectivity index (χ4v) is 2.92. The normalized spacial score (nSPS) is 27.1. The molecule has 0 unspecified atom stereocenters. The molecule has 1 aromatic rings. The standard InChI is InChI=1S/C14H17F3O8S/c1-22-13(23-2)12-10(19)9(18)11(24-12)7-3-5-8(6-4-7)25-26(20,21)14(15,16)17/h3-6,9-13,18-19H,1-2H3/t9-,10+,11+,12-/m0/s1. The third kappa shape index (κ3) is 4.10. The lowest BCUT2D eigenvalue weighted by molar-refractivity contribution is -0.192. The monoisotopic (exact) mass is 402 g/mol. The summed E-state index contributed by atoms with van der Waals surface area (Å²) in [5.41, 5.74) is -5.27. The molecule has 2 N–H and O–H groups in total. The summed E-state index contributed by atoms with van der Waals surface area (Å²) in [4.78, 5) is 0. The highest BCUT2D eigenvalue weighted by molar-refractivity contribution is 7.88. The Balaban J connectivity index is 2.16. The van der Waals surface area contributed by atoms with Gasteiger partial charge in [-0.1, -0.05) is 12.1 Å². The lowest BCUT2D eigenvalue weighted by Gasteiger charge is -2.22. The van der Waals surface area contributed by atoms with Crippen LogP contribution in [0, 0.1) is 0 Å². The van der Waals surface area contributed by atoms with Gasteiger partial charge < -0.3 is 28.6 Å². The van der Waals surface area contributed by atoms with Crippen molar-refractivity contribution in [2.75, 3.05) is 14.2 Å². The molecule has 0 radical (unpaired) electrons. The molecule has 1 saturated heterocycles. The lowest BCUT2D eigenvalue weighted by Crippen LogP contribution is -2.40. The molecule has 4 atom stereocenters. The maximum Gasteiger partial charge on any atom is 0.534 e. The average molecular weight is 402 g/mol. The highest BCUT2D eigenvalue weighted by Gasteiger charge is 2.49. The minimum atomic E-state index is -5.78. The highest BCUT2D eigenvalue weighted by atomic mass is 32.2. The van der Waals surface area contributed by atoms with Crippen molar-refractivity contribution in [2.24, 2.45) is 0 Å². The largest absolute Gasteiger partial charge is 0.534 e. The van der Waals surface area contributed by atoms with E-state index in [1.807, 2.05) is 0 Å². The smallest absolute Gasteiger partial charge is 0.387 e. The SMILES string of the molecule is COC(OC)[C@H]1O[C@H](c2ccc(OS(=O)(=O)C(F)(F)F)cc2)[C@@H](O)[C@H]1O. The lowest BCUT2D eigenvalue weighted by atomic mass is 10.0. The number of hydrogen-bond donors (Lipinski definition) is 2. The first-order valence-electron chi connectivity index (χ1n) is 7.19. The summed E-state index contributed by atoms with van der Waals surface area (Å²) in [6, 6.07) is 4.36. The molecule has 0 aliphatic carbocycles. The van der Waals surface area contributed by atoms with Crippen LogP contribution in [0.2, 0.25) is 0 Å². The Morgan fingerprint density at radius 3 is 2.08 bits per heavy atom. The Morgan fingerprint density at radius 2 is 1.62 bits per heavy atom. The van der Waals surface area contributed by atoms with E-state index >= 15 is 0 Å². The molecule has 1 heterocycles. The van der Waals surface area contributed by atoms with Crippen LogP contribution in [0.4, 0.5) is 13.2 Å². The molecule has 1 aliphatic heterocycles. The van der Waals surface area contributed by atoms with Gasteiger partial charge in [0.25, 0.3) is 0 Å². The summed E-state index contributed by atoms with van der Waals surface area (Å²) in [5, 5.41) is 20.2. The number of ether oxygens (including phenoxy) is 3. The summed E-state index contributed by atoms with van der Waals surface area (Å²) in [7, 11) is -3.15. The van der Waals surface area contributed by atoms with Gasteiger partial charge >= 0.3 is 15.6 Å². The van der Waals surface area contributed by atoms with E-state index in [-0.39, 0.29) is 5.56 Å². The van der Waals surface area contributed by atoms with Gasteiger partial charge in [0, 0.05) is 14.2 Å². The van der Waals surface area contributed by atoms with Crippen LogP contribution in [-0.4, -0.2) is 63.0 Å². The molecule has 8 nitrogen and oxygen atoms in total. The van der Waals surface area contributed by atoms with Gasteiger partial charge in [-0.3, -0.25) is 0 Å². The molecular weight excluding hydrogens is 385 g/mol. The van der Waals surface area contributed by atoms with Gasteiger partial charge in [-0.15, -0.1) is 0 Å². The van der Waals surface area contributed by atoms with Crippen molar-refractivity contribution < 1.29 is 50.2 Å². The zero-order valence-electron chi connectivity index (χ0n) is 13.6. The topological polar surface area (TPSA) is 112 Å². The minimum absolute atomic E-state index is 0.279.